The van der Waals surface area contributed by atoms with Gasteiger partial charge in [0, 0.05) is 12.6 Å². The molecule has 0 unspecified atom stereocenters. The summed E-state index contributed by atoms with van der Waals surface area (Å²) in [5.41, 5.74) is 1.11. The van der Waals surface area contributed by atoms with Crippen molar-refractivity contribution in [1.29, 1.82) is 0 Å². The van der Waals surface area contributed by atoms with Gasteiger partial charge < -0.3 is 10.6 Å². The molecule has 4 nitrogen and oxygen atoms in total. The van der Waals surface area contributed by atoms with Crippen molar-refractivity contribution < 1.29 is 4.79 Å². The first-order valence-electron chi connectivity index (χ1n) is 6.17. The Morgan fingerprint density at radius 1 is 1.42 bits per heavy atom. The Kier molecular flexibility index (Phi) is 8.72. The van der Waals surface area contributed by atoms with Crippen LogP contribution in [0.15, 0.2) is 18.3 Å². The Balaban J connectivity index is 0.00000162. The summed E-state index contributed by atoms with van der Waals surface area (Å²) >= 11 is 0. The maximum atomic E-state index is 11.8. The van der Waals surface area contributed by atoms with Crippen molar-refractivity contribution in [2.45, 2.75) is 26.2 Å². The van der Waals surface area contributed by atoms with E-state index in [-0.39, 0.29) is 30.7 Å². The lowest BCUT2D eigenvalue weighted by molar-refractivity contribution is -0.117. The van der Waals surface area contributed by atoms with Gasteiger partial charge in [0.25, 0.3) is 0 Å². The molecule has 0 radical (unpaired) electrons. The van der Waals surface area contributed by atoms with Gasteiger partial charge in [-0.25, -0.2) is 4.98 Å². The van der Waals surface area contributed by atoms with E-state index in [0.717, 1.165) is 31.5 Å². The number of nitrogens with one attached hydrogen (secondary N) is 2. The maximum Gasteiger partial charge on any atom is 0.225 e. The van der Waals surface area contributed by atoms with Crippen molar-refractivity contribution in [3.8, 4) is 0 Å². The molecule has 0 bridgehead atoms. The molecule has 1 fully saturated rings. The topological polar surface area (TPSA) is 54.0 Å². The fourth-order valence-corrected chi connectivity index (χ4v) is 2.15. The van der Waals surface area contributed by atoms with Crippen molar-refractivity contribution in [3.63, 3.8) is 0 Å². The summed E-state index contributed by atoms with van der Waals surface area (Å²) in [6.45, 7) is 4.05. The number of nitrogens with zero attached hydrogens (tertiary/aromatic N) is 1. The molecular weight excluding hydrogens is 285 g/mol. The Labute approximate surface area is 126 Å². The van der Waals surface area contributed by atoms with Crippen LogP contribution in [0.3, 0.4) is 0 Å². The molecular formula is C13H21Cl2N3O. The van der Waals surface area contributed by atoms with Gasteiger partial charge in [-0.1, -0.05) is 0 Å². The number of piperidine rings is 1. The minimum absolute atomic E-state index is 0. The predicted molar refractivity (Wildman–Crippen MR) is 82.3 cm³/mol. The highest BCUT2D eigenvalue weighted by Crippen LogP contribution is 2.16. The number of hydrogen-bond acceptors (Lipinski definition) is 3. The highest BCUT2D eigenvalue weighted by atomic mass is 35.5. The molecule has 1 aromatic heterocycles. The Hall–Kier alpha value is -0.840. The van der Waals surface area contributed by atoms with E-state index in [4.69, 9.17) is 0 Å². The van der Waals surface area contributed by atoms with Crippen molar-refractivity contribution in [2.24, 2.45) is 5.92 Å². The van der Waals surface area contributed by atoms with Gasteiger partial charge >= 0.3 is 0 Å². The van der Waals surface area contributed by atoms with Crippen LogP contribution in [0.25, 0.3) is 0 Å². The number of halogens is 2. The molecule has 19 heavy (non-hydrogen) atoms. The summed E-state index contributed by atoms with van der Waals surface area (Å²) in [4.78, 5) is 15.9. The molecule has 0 spiro atoms. The number of rotatable bonds is 3. The lowest BCUT2D eigenvalue weighted by Crippen LogP contribution is -2.30. The van der Waals surface area contributed by atoms with Gasteiger partial charge in [-0.15, -0.1) is 24.8 Å². The number of anilines is 1. The quantitative estimate of drug-likeness (QED) is 0.902. The van der Waals surface area contributed by atoms with Crippen LogP contribution in [-0.2, 0) is 4.79 Å². The fraction of sp³-hybridized carbons (Fsp3) is 0.538. The molecule has 1 amide bonds. The summed E-state index contributed by atoms with van der Waals surface area (Å²) in [7, 11) is 0. The lowest BCUT2D eigenvalue weighted by atomic mass is 9.94. The van der Waals surface area contributed by atoms with Crippen LogP contribution in [0, 0.1) is 12.8 Å². The van der Waals surface area contributed by atoms with E-state index < -0.39 is 0 Å². The molecule has 0 aromatic carbocycles. The lowest BCUT2D eigenvalue weighted by Gasteiger charge is -2.21. The summed E-state index contributed by atoms with van der Waals surface area (Å²) in [5.74, 6) is 1.25. The van der Waals surface area contributed by atoms with E-state index in [1.54, 1.807) is 6.20 Å². The van der Waals surface area contributed by atoms with E-state index in [9.17, 15) is 4.79 Å². The second kappa shape index (κ2) is 9.13. The smallest absolute Gasteiger partial charge is 0.225 e. The SMILES string of the molecule is Cc1ccnc(NC(=O)CC2CCNCC2)c1.Cl.Cl. The molecule has 0 aliphatic carbocycles. The molecule has 1 aliphatic rings. The molecule has 6 heteroatoms. The van der Waals surface area contributed by atoms with Gasteiger partial charge in [-0.3, -0.25) is 4.79 Å². The monoisotopic (exact) mass is 305 g/mol. The molecule has 2 rings (SSSR count). The van der Waals surface area contributed by atoms with E-state index in [1.807, 2.05) is 19.1 Å². The fourth-order valence-electron chi connectivity index (χ4n) is 2.15. The predicted octanol–water partition coefficient (Wildman–Crippen LogP) is 2.56. The maximum absolute atomic E-state index is 11.8. The van der Waals surface area contributed by atoms with Crippen LogP contribution in [0.4, 0.5) is 5.82 Å². The molecule has 2 N–H and O–H groups in total. The number of aromatic nitrogens is 1. The zero-order chi connectivity index (χ0) is 12.1. The highest BCUT2D eigenvalue weighted by molar-refractivity contribution is 5.89. The zero-order valence-corrected chi connectivity index (χ0v) is 12.6. The first-order valence-corrected chi connectivity index (χ1v) is 6.17. The molecule has 108 valence electrons. The Bertz CT molecular complexity index is 395. The van der Waals surface area contributed by atoms with Gasteiger partial charge in [0.2, 0.25) is 5.91 Å². The molecule has 1 saturated heterocycles. The van der Waals surface area contributed by atoms with Gasteiger partial charge in [0.1, 0.15) is 5.82 Å². The number of carbonyl (C=O) groups excluding carboxylic acids is 1. The molecule has 1 aromatic rings. The molecule has 2 heterocycles. The van der Waals surface area contributed by atoms with Gasteiger partial charge in [0.05, 0.1) is 0 Å². The van der Waals surface area contributed by atoms with Crippen LogP contribution in [-0.4, -0.2) is 24.0 Å². The summed E-state index contributed by atoms with van der Waals surface area (Å²) < 4.78 is 0. The number of hydrogen-bond donors (Lipinski definition) is 2. The van der Waals surface area contributed by atoms with Crippen LogP contribution >= 0.6 is 24.8 Å². The third-order valence-electron chi connectivity index (χ3n) is 3.12. The van der Waals surface area contributed by atoms with Gasteiger partial charge in [-0.05, 0) is 56.5 Å². The van der Waals surface area contributed by atoms with E-state index in [2.05, 4.69) is 15.6 Å². The second-order valence-corrected chi connectivity index (χ2v) is 4.66. The number of amides is 1. The molecule has 0 atom stereocenters. The van der Waals surface area contributed by atoms with Crippen LogP contribution in [0.2, 0.25) is 0 Å². The zero-order valence-electron chi connectivity index (χ0n) is 11.0. The standard InChI is InChI=1S/C13H19N3O.2ClH/c1-10-2-7-15-12(8-10)16-13(17)9-11-3-5-14-6-4-11;;/h2,7-8,11,14H,3-6,9H2,1H3,(H,15,16,17);2*1H. The van der Waals surface area contributed by atoms with Crippen molar-refractivity contribution in [2.75, 3.05) is 18.4 Å². The van der Waals surface area contributed by atoms with Crippen LogP contribution in [0.1, 0.15) is 24.8 Å². The average Bonchev–Trinajstić information content (AvgIpc) is 2.30. The minimum atomic E-state index is 0. The highest BCUT2D eigenvalue weighted by Gasteiger charge is 2.16. The summed E-state index contributed by atoms with van der Waals surface area (Å²) in [5, 5.41) is 6.16. The minimum Gasteiger partial charge on any atom is -0.317 e. The Morgan fingerprint density at radius 2 is 2.11 bits per heavy atom. The second-order valence-electron chi connectivity index (χ2n) is 4.66. The Morgan fingerprint density at radius 3 is 2.74 bits per heavy atom. The van der Waals surface area contributed by atoms with Gasteiger partial charge in [-0.2, -0.15) is 0 Å². The van der Waals surface area contributed by atoms with E-state index in [0.29, 0.717) is 18.2 Å². The van der Waals surface area contributed by atoms with Crippen molar-refractivity contribution in [1.82, 2.24) is 10.3 Å². The third kappa shape index (κ3) is 6.23. The number of aryl methyl sites for hydroxylation is 1. The molecule has 1 aliphatic heterocycles. The van der Waals surface area contributed by atoms with E-state index in [1.165, 1.54) is 0 Å². The van der Waals surface area contributed by atoms with Crippen molar-refractivity contribution >= 4 is 36.5 Å². The normalized spacial score (nSPS) is 15.0. The van der Waals surface area contributed by atoms with E-state index >= 15 is 0 Å². The largest absolute Gasteiger partial charge is 0.317 e. The summed E-state index contributed by atoms with van der Waals surface area (Å²) in [6, 6.07) is 3.81. The first kappa shape index (κ1) is 18.2. The number of pyridine rings is 1. The average molecular weight is 306 g/mol. The summed E-state index contributed by atoms with van der Waals surface area (Å²) in [6.07, 6.45) is 4.51. The third-order valence-corrected chi connectivity index (χ3v) is 3.12. The van der Waals surface area contributed by atoms with Crippen molar-refractivity contribution in [3.05, 3.63) is 23.9 Å². The molecule has 0 saturated carbocycles. The number of carbonyl (C=O) groups is 1. The first-order chi connectivity index (χ1) is 8.24. The van der Waals surface area contributed by atoms with Crippen LogP contribution < -0.4 is 10.6 Å². The van der Waals surface area contributed by atoms with Crippen LogP contribution in [0.5, 0.6) is 0 Å². The van der Waals surface area contributed by atoms with Gasteiger partial charge in [0.15, 0.2) is 0 Å².